The van der Waals surface area contributed by atoms with Crippen LogP contribution in [-0.2, 0) is 14.3 Å². The summed E-state index contributed by atoms with van der Waals surface area (Å²) in [4.78, 5) is 36.4. The van der Waals surface area contributed by atoms with Crippen LogP contribution in [0.15, 0.2) is 66.7 Å². The Bertz CT molecular complexity index is 1230. The molecule has 0 radical (unpaired) electrons. The van der Waals surface area contributed by atoms with E-state index in [0.29, 0.717) is 0 Å². The maximum Gasteiger partial charge on any atom is 0.411 e. The number of rotatable bonds is 8. The summed E-state index contributed by atoms with van der Waals surface area (Å²) in [6.45, 7) is -0.0749. The molecule has 9 heteroatoms. The van der Waals surface area contributed by atoms with Crippen molar-refractivity contribution >= 4 is 35.3 Å². The van der Waals surface area contributed by atoms with Gasteiger partial charge >= 0.3 is 12.1 Å². The van der Waals surface area contributed by atoms with Gasteiger partial charge in [-0.3, -0.25) is 10.1 Å². The van der Waals surface area contributed by atoms with Crippen molar-refractivity contribution in [3.63, 3.8) is 0 Å². The standard InChI is InChI=1S/C26H23ClN2O6/c1-34-14-23(25(31)32)28-24(30)15-10-11-21(27)22(12-15)29-26(33)35-13-20-18-8-4-2-6-16(18)17-7-3-5-9-19(17)20/h2-12,20,23H,13-14H2,1H3,(H,28,30)(H,29,33)(H,31,32)/t23-/m0/s1. The van der Waals surface area contributed by atoms with Crippen molar-refractivity contribution in [1.29, 1.82) is 0 Å². The molecular formula is C26H23ClN2O6. The molecular weight excluding hydrogens is 472 g/mol. The number of carbonyl (C=O) groups is 3. The molecule has 180 valence electrons. The highest BCUT2D eigenvalue weighted by Crippen LogP contribution is 2.44. The molecule has 1 atom stereocenters. The Balaban J connectivity index is 1.43. The van der Waals surface area contributed by atoms with Gasteiger partial charge in [-0.1, -0.05) is 60.1 Å². The van der Waals surface area contributed by atoms with Crippen molar-refractivity contribution in [2.24, 2.45) is 0 Å². The molecule has 0 unspecified atom stereocenters. The summed E-state index contributed by atoms with van der Waals surface area (Å²) in [5.41, 5.74) is 4.68. The van der Waals surface area contributed by atoms with Crippen molar-refractivity contribution in [3.05, 3.63) is 88.4 Å². The number of anilines is 1. The Kier molecular flexibility index (Phi) is 7.33. The molecule has 3 aromatic carbocycles. The van der Waals surface area contributed by atoms with Crippen molar-refractivity contribution < 1.29 is 29.0 Å². The van der Waals surface area contributed by atoms with E-state index in [2.05, 4.69) is 10.6 Å². The predicted octanol–water partition coefficient (Wildman–Crippen LogP) is 4.53. The zero-order valence-corrected chi connectivity index (χ0v) is 19.5. The van der Waals surface area contributed by atoms with E-state index in [4.69, 9.17) is 21.1 Å². The zero-order chi connectivity index (χ0) is 24.9. The van der Waals surface area contributed by atoms with E-state index in [-0.39, 0.29) is 35.4 Å². The van der Waals surface area contributed by atoms with Gasteiger partial charge in [-0.2, -0.15) is 0 Å². The first-order valence-electron chi connectivity index (χ1n) is 10.8. The van der Waals surface area contributed by atoms with Crippen LogP contribution in [0.2, 0.25) is 5.02 Å². The van der Waals surface area contributed by atoms with Gasteiger partial charge in [-0.15, -0.1) is 0 Å². The highest BCUT2D eigenvalue weighted by molar-refractivity contribution is 6.33. The predicted molar refractivity (Wildman–Crippen MR) is 131 cm³/mol. The molecule has 3 aromatic rings. The third-order valence-electron chi connectivity index (χ3n) is 5.75. The van der Waals surface area contributed by atoms with Crippen LogP contribution in [0.25, 0.3) is 11.1 Å². The lowest BCUT2D eigenvalue weighted by molar-refractivity contribution is -0.140. The van der Waals surface area contributed by atoms with Crippen LogP contribution in [0.3, 0.4) is 0 Å². The van der Waals surface area contributed by atoms with Crippen LogP contribution in [0, 0.1) is 0 Å². The van der Waals surface area contributed by atoms with Gasteiger partial charge in [-0.05, 0) is 40.5 Å². The Morgan fingerprint density at radius 3 is 2.23 bits per heavy atom. The number of carbonyl (C=O) groups excluding carboxylic acids is 2. The Morgan fingerprint density at radius 1 is 1.00 bits per heavy atom. The van der Waals surface area contributed by atoms with Crippen LogP contribution >= 0.6 is 11.6 Å². The second kappa shape index (κ2) is 10.6. The molecule has 0 spiro atoms. The Labute approximate surface area is 206 Å². The fraction of sp³-hybridized carbons (Fsp3) is 0.192. The molecule has 0 heterocycles. The van der Waals surface area contributed by atoms with E-state index in [1.165, 1.54) is 25.3 Å². The SMILES string of the molecule is COC[C@H](NC(=O)c1ccc(Cl)c(NC(=O)OCC2c3ccccc3-c3ccccc32)c1)C(=O)O. The maximum atomic E-state index is 12.6. The monoisotopic (exact) mass is 494 g/mol. The lowest BCUT2D eigenvalue weighted by Gasteiger charge is -2.16. The first-order valence-corrected chi connectivity index (χ1v) is 11.2. The largest absolute Gasteiger partial charge is 0.480 e. The Morgan fingerprint density at radius 2 is 1.63 bits per heavy atom. The number of aliphatic carboxylic acids is 1. The van der Waals surface area contributed by atoms with Crippen LogP contribution < -0.4 is 10.6 Å². The first-order chi connectivity index (χ1) is 16.9. The fourth-order valence-corrected chi connectivity index (χ4v) is 4.25. The van der Waals surface area contributed by atoms with Gasteiger partial charge in [0.05, 0.1) is 17.3 Å². The summed E-state index contributed by atoms with van der Waals surface area (Å²) >= 11 is 6.20. The lowest BCUT2D eigenvalue weighted by Crippen LogP contribution is -2.43. The minimum Gasteiger partial charge on any atom is -0.480 e. The van der Waals surface area contributed by atoms with Crippen LogP contribution in [-0.4, -0.2) is 49.4 Å². The molecule has 0 saturated carbocycles. The summed E-state index contributed by atoms with van der Waals surface area (Å²) in [6, 6.07) is 19.0. The molecule has 3 N–H and O–H groups in total. The first kappa shape index (κ1) is 24.3. The van der Waals surface area contributed by atoms with Gasteiger partial charge in [0.15, 0.2) is 6.04 Å². The van der Waals surface area contributed by atoms with E-state index in [9.17, 15) is 19.5 Å². The molecule has 0 bridgehead atoms. The second-order valence-electron chi connectivity index (χ2n) is 7.96. The topological polar surface area (TPSA) is 114 Å². The molecule has 35 heavy (non-hydrogen) atoms. The van der Waals surface area contributed by atoms with Gasteiger partial charge in [-0.25, -0.2) is 9.59 Å². The molecule has 8 nitrogen and oxygen atoms in total. The van der Waals surface area contributed by atoms with E-state index >= 15 is 0 Å². The number of fused-ring (bicyclic) bond motifs is 3. The molecule has 2 amide bonds. The number of hydrogen-bond acceptors (Lipinski definition) is 5. The number of carboxylic acids is 1. The van der Waals surface area contributed by atoms with Gasteiger partial charge in [0.1, 0.15) is 6.61 Å². The summed E-state index contributed by atoms with van der Waals surface area (Å²) in [7, 11) is 1.33. The average molecular weight is 495 g/mol. The second-order valence-corrected chi connectivity index (χ2v) is 8.37. The number of hydrogen-bond donors (Lipinski definition) is 3. The summed E-state index contributed by atoms with van der Waals surface area (Å²) < 4.78 is 10.3. The minimum absolute atomic E-state index is 0.102. The third kappa shape index (κ3) is 5.29. The number of benzene rings is 3. The highest BCUT2D eigenvalue weighted by Gasteiger charge is 2.29. The molecule has 1 aliphatic rings. The lowest BCUT2D eigenvalue weighted by atomic mass is 9.98. The molecule has 0 fully saturated rings. The van der Waals surface area contributed by atoms with E-state index < -0.39 is 24.0 Å². The minimum atomic E-state index is -1.23. The summed E-state index contributed by atoms with van der Waals surface area (Å²) in [6.07, 6.45) is -0.728. The molecule has 0 aliphatic heterocycles. The van der Waals surface area contributed by atoms with E-state index in [0.717, 1.165) is 22.3 Å². The number of carboxylic acid groups (broad SMARTS) is 1. The molecule has 0 aromatic heterocycles. The van der Waals surface area contributed by atoms with E-state index in [1.54, 1.807) is 0 Å². The number of ether oxygens (including phenoxy) is 2. The van der Waals surface area contributed by atoms with Gasteiger partial charge in [0, 0.05) is 18.6 Å². The van der Waals surface area contributed by atoms with Gasteiger partial charge < -0.3 is 19.9 Å². The average Bonchev–Trinajstić information content (AvgIpc) is 3.17. The molecule has 4 rings (SSSR count). The number of amides is 2. The zero-order valence-electron chi connectivity index (χ0n) is 18.8. The van der Waals surface area contributed by atoms with Crippen LogP contribution in [0.1, 0.15) is 27.4 Å². The smallest absolute Gasteiger partial charge is 0.411 e. The van der Waals surface area contributed by atoms with Crippen LogP contribution in [0.5, 0.6) is 0 Å². The third-order valence-corrected chi connectivity index (χ3v) is 6.08. The number of methoxy groups -OCH3 is 1. The van der Waals surface area contributed by atoms with Gasteiger partial charge in [0.2, 0.25) is 0 Å². The van der Waals surface area contributed by atoms with Crippen molar-refractivity contribution in [1.82, 2.24) is 5.32 Å². The Hall–Kier alpha value is -3.88. The normalized spacial score (nSPS) is 12.9. The molecule has 1 aliphatic carbocycles. The summed E-state index contributed by atoms with van der Waals surface area (Å²) in [5.74, 6) is -1.98. The summed E-state index contributed by atoms with van der Waals surface area (Å²) in [5, 5.41) is 14.3. The van der Waals surface area contributed by atoms with Crippen molar-refractivity contribution in [2.45, 2.75) is 12.0 Å². The quantitative estimate of drug-likeness (QED) is 0.424. The number of nitrogens with one attached hydrogen (secondary N) is 2. The van der Waals surface area contributed by atoms with Crippen LogP contribution in [0.4, 0.5) is 10.5 Å². The van der Waals surface area contributed by atoms with E-state index in [1.807, 2.05) is 48.5 Å². The van der Waals surface area contributed by atoms with Crippen molar-refractivity contribution in [3.8, 4) is 11.1 Å². The highest BCUT2D eigenvalue weighted by atomic mass is 35.5. The fourth-order valence-electron chi connectivity index (χ4n) is 4.09. The maximum absolute atomic E-state index is 12.6. The van der Waals surface area contributed by atoms with Gasteiger partial charge in [0.25, 0.3) is 5.91 Å². The number of halogens is 1. The molecule has 0 saturated heterocycles. The van der Waals surface area contributed by atoms with Crippen molar-refractivity contribution in [2.75, 3.05) is 25.6 Å².